The number of rotatable bonds is 0. The van der Waals surface area contributed by atoms with Gasteiger partial charge in [0, 0.05) is 0 Å². The van der Waals surface area contributed by atoms with Crippen molar-refractivity contribution in [3.8, 4) is 0 Å². The normalized spacial score (nSPS) is 9.17. The molecule has 0 aliphatic carbocycles. The first-order chi connectivity index (χ1) is 5.52. The molecule has 0 bridgehead atoms. The van der Waals surface area contributed by atoms with Crippen molar-refractivity contribution in [3.05, 3.63) is 35.4 Å². The van der Waals surface area contributed by atoms with Crippen molar-refractivity contribution >= 4 is 29.5 Å². The van der Waals surface area contributed by atoms with Gasteiger partial charge in [0.05, 0.1) is 0 Å². The quantitative estimate of drug-likeness (QED) is 0.658. The van der Waals surface area contributed by atoms with E-state index in [0.29, 0.717) is 0 Å². The number of halogens is 3. The Hall–Kier alpha value is 0.674. The summed E-state index contributed by atoms with van der Waals surface area (Å²) in [5.74, 6) is 0. The zero-order chi connectivity index (χ0) is 9.56. The van der Waals surface area contributed by atoms with Gasteiger partial charge < -0.3 is 0 Å². The molecule has 0 N–H and O–H groups in total. The summed E-state index contributed by atoms with van der Waals surface area (Å²) in [6, 6.07) is 9.31. The van der Waals surface area contributed by atoms with Crippen LogP contribution in [0.15, 0.2) is 18.2 Å². The van der Waals surface area contributed by atoms with Gasteiger partial charge in [0.25, 0.3) is 0 Å². The maximum atomic E-state index is 4.95. The molecule has 4 heteroatoms. The molecule has 0 amide bonds. The van der Waals surface area contributed by atoms with Crippen LogP contribution in [0.2, 0.25) is 0 Å². The molecule has 0 aliphatic heterocycles. The molecule has 0 unspecified atom stereocenters. The second-order valence-electron chi connectivity index (χ2n) is 2.21. The summed E-state index contributed by atoms with van der Waals surface area (Å²) in [7, 11) is 14.9. The number of hydrogen-bond donors (Lipinski definition) is 0. The van der Waals surface area contributed by atoms with Gasteiger partial charge in [-0.1, -0.05) is 18.2 Å². The summed E-state index contributed by atoms with van der Waals surface area (Å²) in [5, 5.41) is 0. The van der Waals surface area contributed by atoms with E-state index in [2.05, 4.69) is 6.07 Å². The Kier molecular flexibility index (Phi) is 7.51. The molecule has 0 spiro atoms. The van der Waals surface area contributed by atoms with E-state index in [4.69, 9.17) is 29.5 Å². The van der Waals surface area contributed by atoms with Gasteiger partial charge in [-0.05, 0) is 31.0 Å². The van der Waals surface area contributed by atoms with Gasteiger partial charge in [-0.25, -0.2) is 0 Å². The van der Waals surface area contributed by atoms with E-state index in [1.807, 2.05) is 32.0 Å². The van der Waals surface area contributed by atoms with Crippen LogP contribution in [0.1, 0.15) is 11.1 Å². The molecular weight excluding hydrogens is 253 g/mol. The molecule has 1 rings (SSSR count). The zero-order valence-electron chi connectivity index (χ0n) is 6.81. The third-order valence-corrected chi connectivity index (χ3v) is 1.09. The summed E-state index contributed by atoms with van der Waals surface area (Å²) in [4.78, 5) is 0. The average Bonchev–Trinajstić information content (AvgIpc) is 1.84. The summed E-state index contributed by atoms with van der Waals surface area (Å²) in [6.07, 6.45) is 0. The van der Waals surface area contributed by atoms with Crippen LogP contribution in [0.4, 0.5) is 0 Å². The van der Waals surface area contributed by atoms with E-state index in [9.17, 15) is 0 Å². The van der Waals surface area contributed by atoms with Crippen LogP contribution in [0.25, 0.3) is 0 Å². The Balaban J connectivity index is 0.000000261. The van der Waals surface area contributed by atoms with Gasteiger partial charge >= 0.3 is 41.8 Å². The van der Waals surface area contributed by atoms with Crippen LogP contribution < -0.4 is 0 Å². The molecule has 1 aromatic carbocycles. The van der Waals surface area contributed by atoms with Gasteiger partial charge in [0.2, 0.25) is 0 Å². The van der Waals surface area contributed by atoms with Crippen LogP contribution in [-0.4, -0.2) is 0 Å². The molecule has 0 nitrogen and oxygen atoms in total. The summed E-state index contributed by atoms with van der Waals surface area (Å²) in [6.45, 7) is 4.10. The van der Waals surface area contributed by atoms with Gasteiger partial charge in [-0.15, -0.1) is 0 Å². The van der Waals surface area contributed by atoms with Crippen molar-refractivity contribution in [3.63, 3.8) is 0 Å². The Labute approximate surface area is 90.7 Å². The second kappa shape index (κ2) is 7.11. The summed E-state index contributed by atoms with van der Waals surface area (Å²) >= 11 is -1.77. The van der Waals surface area contributed by atoms with Crippen molar-refractivity contribution in [2.45, 2.75) is 13.8 Å². The molecule has 1 aromatic rings. The molecular formula is C8H9Cl3V. The fraction of sp³-hybridized carbons (Fsp3) is 0.250. The fourth-order valence-electron chi connectivity index (χ4n) is 0.731. The van der Waals surface area contributed by atoms with Gasteiger partial charge in [0.1, 0.15) is 0 Å². The van der Waals surface area contributed by atoms with Crippen LogP contribution in [0, 0.1) is 19.9 Å². The summed E-state index contributed by atoms with van der Waals surface area (Å²) in [5.41, 5.74) is 2.43. The first kappa shape index (κ1) is 12.7. The minimum absolute atomic E-state index is 1.21. The van der Waals surface area contributed by atoms with Crippen molar-refractivity contribution < 1.29 is 12.3 Å². The topological polar surface area (TPSA) is 0 Å². The molecule has 0 fully saturated rings. The zero-order valence-corrected chi connectivity index (χ0v) is 10.5. The van der Waals surface area contributed by atoms with Gasteiger partial charge in [0.15, 0.2) is 0 Å². The number of aryl methyl sites for hydroxylation is 2. The standard InChI is InChI=1S/C8H9.3ClH.V/c1-7-4-3-5-8(2)6-7;;;;/h3-5H,1-2H3;3*1H;/q;;;;+3/p-3. The monoisotopic (exact) mass is 261 g/mol. The predicted octanol–water partition coefficient (Wildman–Crippen LogP) is 4.17. The molecule has 1 radical (unpaired) electrons. The molecule has 0 heterocycles. The number of hydrogen-bond acceptors (Lipinski definition) is 0. The molecule has 12 heavy (non-hydrogen) atoms. The average molecular weight is 262 g/mol. The van der Waals surface area contributed by atoms with Crippen LogP contribution in [0.3, 0.4) is 0 Å². The molecule has 0 saturated carbocycles. The predicted molar refractivity (Wildman–Crippen MR) is 52.3 cm³/mol. The molecule has 0 aliphatic rings. The third-order valence-electron chi connectivity index (χ3n) is 1.09. The van der Waals surface area contributed by atoms with E-state index in [-0.39, 0.29) is 0 Å². The SMILES string of the molecule is Cc1[c]c(C)ccc1.[Cl][V]([Cl])[Cl]. The number of benzene rings is 1. The summed E-state index contributed by atoms with van der Waals surface area (Å²) < 4.78 is 0. The van der Waals surface area contributed by atoms with Crippen molar-refractivity contribution in [1.82, 2.24) is 0 Å². The molecule has 0 atom stereocenters. The Morgan fingerprint density at radius 2 is 1.42 bits per heavy atom. The maximum absolute atomic E-state index is 4.95. The Morgan fingerprint density at radius 1 is 1.08 bits per heavy atom. The van der Waals surface area contributed by atoms with Gasteiger partial charge in [-0.2, -0.15) is 0 Å². The molecule has 0 saturated heterocycles. The van der Waals surface area contributed by atoms with Crippen LogP contribution in [-0.2, 0) is 12.3 Å². The van der Waals surface area contributed by atoms with Crippen molar-refractivity contribution in [1.29, 1.82) is 0 Å². The van der Waals surface area contributed by atoms with E-state index in [0.717, 1.165) is 0 Å². The van der Waals surface area contributed by atoms with Crippen molar-refractivity contribution in [2.75, 3.05) is 0 Å². The Bertz CT molecular complexity index is 205. The molecule has 67 valence electrons. The van der Waals surface area contributed by atoms with E-state index in [1.54, 1.807) is 0 Å². The second-order valence-corrected chi connectivity index (χ2v) is 9.13. The Morgan fingerprint density at radius 3 is 1.58 bits per heavy atom. The third kappa shape index (κ3) is 8.77. The van der Waals surface area contributed by atoms with E-state index in [1.165, 1.54) is 11.1 Å². The van der Waals surface area contributed by atoms with Crippen LogP contribution in [0.5, 0.6) is 0 Å². The molecule has 0 aromatic heterocycles. The van der Waals surface area contributed by atoms with E-state index >= 15 is 0 Å². The van der Waals surface area contributed by atoms with Crippen LogP contribution >= 0.6 is 29.5 Å². The van der Waals surface area contributed by atoms with Crippen molar-refractivity contribution in [2.24, 2.45) is 0 Å². The fourth-order valence-corrected chi connectivity index (χ4v) is 0.731. The minimum atomic E-state index is -1.77. The first-order valence-electron chi connectivity index (χ1n) is 3.25. The van der Waals surface area contributed by atoms with Gasteiger partial charge in [-0.3, -0.25) is 0 Å². The van der Waals surface area contributed by atoms with E-state index < -0.39 is 12.3 Å². The first-order valence-corrected chi connectivity index (χ1v) is 9.02.